The van der Waals surface area contributed by atoms with Gasteiger partial charge in [0.2, 0.25) is 5.82 Å². The van der Waals surface area contributed by atoms with Crippen molar-refractivity contribution in [3.05, 3.63) is 29.3 Å². The van der Waals surface area contributed by atoms with Gasteiger partial charge in [-0.3, -0.25) is 4.79 Å². The fourth-order valence-electron chi connectivity index (χ4n) is 3.19. The zero-order chi connectivity index (χ0) is 17.4. The number of anilines is 1. The Kier molecular flexibility index (Phi) is 4.10. The minimum atomic E-state index is -0.0486. The molecule has 0 spiro atoms. The number of aromatic nitrogens is 4. The molecular weight excluding hydrogens is 340 g/mol. The number of hydrogen-bond donors (Lipinski definition) is 1. The fraction of sp³-hybridized carbons (Fsp3) is 0.375. The van der Waals surface area contributed by atoms with Crippen LogP contribution in [-0.4, -0.2) is 56.7 Å². The van der Waals surface area contributed by atoms with Crippen molar-refractivity contribution in [1.29, 1.82) is 0 Å². The van der Waals surface area contributed by atoms with Crippen LogP contribution in [0, 0.1) is 0 Å². The first kappa shape index (κ1) is 16.0. The predicted molar refractivity (Wildman–Crippen MR) is 94.4 cm³/mol. The molecule has 2 N–H and O–H groups in total. The maximum atomic E-state index is 12.9. The number of hydrogen-bond acceptors (Lipinski definition) is 7. The number of carbonyl (C=O) groups excluding carboxylic acids is 1. The van der Waals surface area contributed by atoms with E-state index in [1.54, 1.807) is 25.4 Å². The van der Waals surface area contributed by atoms with Crippen molar-refractivity contribution in [2.45, 2.75) is 18.9 Å². The van der Waals surface area contributed by atoms with Gasteiger partial charge in [-0.25, -0.2) is 9.97 Å². The van der Waals surface area contributed by atoms with Gasteiger partial charge in [-0.1, -0.05) is 0 Å². The number of likely N-dealkylation sites (tertiary alicyclic amines) is 1. The van der Waals surface area contributed by atoms with Gasteiger partial charge in [-0.2, -0.15) is 4.52 Å². The molecule has 0 radical (unpaired) electrons. The van der Waals surface area contributed by atoms with Crippen molar-refractivity contribution in [1.82, 2.24) is 24.5 Å². The molecule has 4 rings (SSSR count). The summed E-state index contributed by atoms with van der Waals surface area (Å²) in [6, 6.07) is 3.49. The maximum absolute atomic E-state index is 12.9. The quantitative estimate of drug-likeness (QED) is 0.762. The van der Waals surface area contributed by atoms with Crippen LogP contribution in [0.25, 0.3) is 16.5 Å². The van der Waals surface area contributed by atoms with E-state index in [0.29, 0.717) is 29.5 Å². The molecule has 0 aromatic carbocycles. The van der Waals surface area contributed by atoms with Crippen molar-refractivity contribution >= 4 is 28.7 Å². The molecule has 8 nitrogen and oxygen atoms in total. The summed E-state index contributed by atoms with van der Waals surface area (Å²) >= 11 is 1.45. The van der Waals surface area contributed by atoms with Gasteiger partial charge in [0.25, 0.3) is 5.91 Å². The SMILES string of the molecule is COC[C@@H]1CCCN1C(=O)c1cc(N)n2nc(-c3nccs3)nc2c1. The lowest BCUT2D eigenvalue weighted by Gasteiger charge is -2.24. The molecule has 1 saturated heterocycles. The lowest BCUT2D eigenvalue weighted by atomic mass is 10.2. The highest BCUT2D eigenvalue weighted by atomic mass is 32.1. The number of thiazole rings is 1. The molecule has 1 amide bonds. The summed E-state index contributed by atoms with van der Waals surface area (Å²) in [5.74, 6) is 0.830. The number of nitrogens with zero attached hydrogens (tertiary/aromatic N) is 5. The first-order chi connectivity index (χ1) is 12.2. The van der Waals surface area contributed by atoms with Gasteiger partial charge in [0.05, 0.1) is 12.6 Å². The van der Waals surface area contributed by atoms with E-state index in [-0.39, 0.29) is 11.9 Å². The van der Waals surface area contributed by atoms with Gasteiger partial charge in [-0.15, -0.1) is 16.4 Å². The third-order valence-electron chi connectivity index (χ3n) is 4.33. The Labute approximate surface area is 148 Å². The largest absolute Gasteiger partial charge is 0.384 e. The number of pyridine rings is 1. The van der Waals surface area contributed by atoms with Crippen molar-refractivity contribution < 1.29 is 9.53 Å². The molecule has 0 unspecified atom stereocenters. The molecule has 3 aromatic heterocycles. The van der Waals surface area contributed by atoms with E-state index in [0.717, 1.165) is 24.4 Å². The highest BCUT2D eigenvalue weighted by Crippen LogP contribution is 2.24. The number of carbonyl (C=O) groups is 1. The fourth-order valence-corrected chi connectivity index (χ4v) is 3.76. The Balaban J connectivity index is 1.69. The second-order valence-corrected chi connectivity index (χ2v) is 6.86. The van der Waals surface area contributed by atoms with Gasteiger partial charge in [0, 0.05) is 30.8 Å². The van der Waals surface area contributed by atoms with Gasteiger partial charge in [-0.05, 0) is 25.0 Å². The van der Waals surface area contributed by atoms with E-state index in [9.17, 15) is 4.79 Å². The number of fused-ring (bicyclic) bond motifs is 1. The van der Waals surface area contributed by atoms with Crippen molar-refractivity contribution in [3.63, 3.8) is 0 Å². The smallest absolute Gasteiger partial charge is 0.254 e. The van der Waals surface area contributed by atoms with E-state index in [1.165, 1.54) is 15.9 Å². The van der Waals surface area contributed by atoms with Gasteiger partial charge in [0.1, 0.15) is 5.82 Å². The lowest BCUT2D eigenvalue weighted by molar-refractivity contribution is 0.0630. The van der Waals surface area contributed by atoms with E-state index < -0.39 is 0 Å². The van der Waals surface area contributed by atoms with Crippen LogP contribution in [0.1, 0.15) is 23.2 Å². The Bertz CT molecular complexity index is 907. The Hall–Kier alpha value is -2.52. The molecule has 0 saturated carbocycles. The Morgan fingerprint density at radius 2 is 2.36 bits per heavy atom. The zero-order valence-corrected chi connectivity index (χ0v) is 14.6. The molecule has 1 aliphatic heterocycles. The highest BCUT2D eigenvalue weighted by Gasteiger charge is 2.30. The van der Waals surface area contributed by atoms with Gasteiger partial charge < -0.3 is 15.4 Å². The number of nitrogens with two attached hydrogens (primary N) is 1. The summed E-state index contributed by atoms with van der Waals surface area (Å²) in [7, 11) is 1.65. The van der Waals surface area contributed by atoms with Gasteiger partial charge >= 0.3 is 0 Å². The van der Waals surface area contributed by atoms with Crippen LogP contribution < -0.4 is 5.73 Å². The molecule has 1 atom stereocenters. The van der Waals surface area contributed by atoms with Crippen molar-refractivity contribution in [2.75, 3.05) is 26.0 Å². The molecule has 25 heavy (non-hydrogen) atoms. The first-order valence-corrected chi connectivity index (χ1v) is 8.91. The second kappa shape index (κ2) is 6.41. The number of methoxy groups -OCH3 is 1. The minimum absolute atomic E-state index is 0.0486. The van der Waals surface area contributed by atoms with Crippen LogP contribution in [0.3, 0.4) is 0 Å². The van der Waals surface area contributed by atoms with Crippen molar-refractivity contribution in [3.8, 4) is 10.8 Å². The monoisotopic (exact) mass is 358 g/mol. The summed E-state index contributed by atoms with van der Waals surface area (Å²) in [5, 5.41) is 6.96. The van der Waals surface area contributed by atoms with Crippen LogP contribution in [-0.2, 0) is 4.74 Å². The molecule has 1 aliphatic rings. The molecule has 0 bridgehead atoms. The first-order valence-electron chi connectivity index (χ1n) is 8.03. The maximum Gasteiger partial charge on any atom is 0.254 e. The average Bonchev–Trinajstić information content (AvgIpc) is 3.34. The lowest BCUT2D eigenvalue weighted by Crippen LogP contribution is -2.38. The van der Waals surface area contributed by atoms with Crippen LogP contribution in [0.15, 0.2) is 23.7 Å². The third kappa shape index (κ3) is 2.85. The summed E-state index contributed by atoms with van der Waals surface area (Å²) in [6.45, 7) is 1.28. The molecule has 130 valence electrons. The zero-order valence-electron chi connectivity index (χ0n) is 13.8. The minimum Gasteiger partial charge on any atom is -0.384 e. The predicted octanol–water partition coefficient (Wildman–Crippen LogP) is 1.69. The third-order valence-corrected chi connectivity index (χ3v) is 5.10. The standard InChI is InChI=1S/C16H18N6O2S/c1-24-9-11-3-2-5-21(11)16(23)10-7-12(17)22-13(8-10)19-14(20-22)15-18-4-6-25-15/h4,6-8,11H,2-3,5,9,17H2,1H3/t11-/m0/s1. The van der Waals surface area contributed by atoms with E-state index in [2.05, 4.69) is 15.1 Å². The number of nitrogen functional groups attached to an aromatic ring is 1. The molecular formula is C16H18N6O2S. The highest BCUT2D eigenvalue weighted by molar-refractivity contribution is 7.13. The van der Waals surface area contributed by atoms with Crippen molar-refractivity contribution in [2.24, 2.45) is 0 Å². The van der Waals surface area contributed by atoms with Crippen LogP contribution >= 0.6 is 11.3 Å². The second-order valence-electron chi connectivity index (χ2n) is 5.96. The summed E-state index contributed by atoms with van der Waals surface area (Å²) in [6.07, 6.45) is 3.64. The number of rotatable bonds is 4. The Morgan fingerprint density at radius 1 is 1.48 bits per heavy atom. The summed E-state index contributed by atoms with van der Waals surface area (Å²) < 4.78 is 6.76. The van der Waals surface area contributed by atoms with E-state index >= 15 is 0 Å². The van der Waals surface area contributed by atoms with Gasteiger partial charge in [0.15, 0.2) is 10.7 Å². The van der Waals surface area contributed by atoms with Crippen LogP contribution in [0.2, 0.25) is 0 Å². The molecule has 3 aromatic rings. The molecule has 9 heteroatoms. The summed E-state index contributed by atoms with van der Waals surface area (Å²) in [4.78, 5) is 23.4. The summed E-state index contributed by atoms with van der Waals surface area (Å²) in [5.41, 5.74) is 7.16. The molecule has 4 heterocycles. The average molecular weight is 358 g/mol. The molecule has 0 aliphatic carbocycles. The van der Waals surface area contributed by atoms with Crippen LogP contribution in [0.4, 0.5) is 5.82 Å². The Morgan fingerprint density at radius 3 is 3.12 bits per heavy atom. The van der Waals surface area contributed by atoms with E-state index in [4.69, 9.17) is 10.5 Å². The topological polar surface area (TPSA) is 98.6 Å². The molecule has 1 fully saturated rings. The number of amides is 1. The van der Waals surface area contributed by atoms with Crippen LogP contribution in [0.5, 0.6) is 0 Å². The number of ether oxygens (including phenoxy) is 1. The van der Waals surface area contributed by atoms with E-state index in [1.807, 2.05) is 10.3 Å². The normalized spacial score (nSPS) is 17.5.